The van der Waals surface area contributed by atoms with Crippen LogP contribution in [0.5, 0.6) is 5.75 Å². The minimum atomic E-state index is -1.06. The average Bonchev–Trinajstić information content (AvgIpc) is 2.44. The standard InChI is InChI=1S/C10H7ClO3/c1-14-5-2-3-6-7(4-5)10(13)8(11)9(6)12/h2-4,8H,1H3. The minimum Gasteiger partial charge on any atom is -0.497 e. The second-order valence-electron chi connectivity index (χ2n) is 3.00. The van der Waals surface area contributed by atoms with Crippen molar-refractivity contribution in [1.29, 1.82) is 0 Å². The number of alkyl halides is 1. The van der Waals surface area contributed by atoms with Gasteiger partial charge >= 0.3 is 0 Å². The Morgan fingerprint density at radius 1 is 1.21 bits per heavy atom. The molecule has 1 aliphatic carbocycles. The minimum absolute atomic E-state index is 0.325. The van der Waals surface area contributed by atoms with Gasteiger partial charge in [-0.05, 0) is 18.2 Å². The molecule has 0 bridgehead atoms. The molecular formula is C10H7ClO3. The smallest absolute Gasteiger partial charge is 0.189 e. The number of ether oxygens (including phenoxy) is 1. The van der Waals surface area contributed by atoms with Crippen molar-refractivity contribution < 1.29 is 14.3 Å². The summed E-state index contributed by atoms with van der Waals surface area (Å²) in [6.45, 7) is 0. The normalized spacial score (nSPS) is 19.7. The maximum Gasteiger partial charge on any atom is 0.189 e. The quantitative estimate of drug-likeness (QED) is 0.523. The maximum absolute atomic E-state index is 11.5. The van der Waals surface area contributed by atoms with E-state index in [1.165, 1.54) is 13.2 Å². The van der Waals surface area contributed by atoms with Gasteiger partial charge in [0, 0.05) is 11.1 Å². The van der Waals surface area contributed by atoms with E-state index in [0.29, 0.717) is 16.9 Å². The van der Waals surface area contributed by atoms with E-state index in [9.17, 15) is 9.59 Å². The number of hydrogen-bond acceptors (Lipinski definition) is 3. The summed E-state index contributed by atoms with van der Waals surface area (Å²) in [5, 5.41) is -1.06. The molecule has 0 aliphatic heterocycles. The largest absolute Gasteiger partial charge is 0.497 e. The van der Waals surface area contributed by atoms with E-state index in [-0.39, 0.29) is 11.6 Å². The first-order valence-electron chi connectivity index (χ1n) is 4.05. The molecule has 0 fully saturated rings. The molecule has 0 amide bonds. The molecule has 14 heavy (non-hydrogen) atoms. The van der Waals surface area contributed by atoms with Gasteiger partial charge in [0.15, 0.2) is 16.9 Å². The van der Waals surface area contributed by atoms with Crippen molar-refractivity contribution in [2.24, 2.45) is 0 Å². The number of ketones is 2. The lowest BCUT2D eigenvalue weighted by molar-refractivity contribution is 0.0928. The third kappa shape index (κ3) is 1.13. The van der Waals surface area contributed by atoms with Crippen molar-refractivity contribution >= 4 is 23.2 Å². The number of hydrogen-bond donors (Lipinski definition) is 0. The van der Waals surface area contributed by atoms with Crippen molar-refractivity contribution in [2.75, 3.05) is 7.11 Å². The van der Waals surface area contributed by atoms with E-state index in [1.54, 1.807) is 12.1 Å². The van der Waals surface area contributed by atoms with Gasteiger partial charge in [0.25, 0.3) is 0 Å². The number of rotatable bonds is 1. The van der Waals surface area contributed by atoms with Gasteiger partial charge in [-0.2, -0.15) is 0 Å². The number of halogens is 1. The summed E-state index contributed by atoms with van der Waals surface area (Å²) in [4.78, 5) is 22.9. The number of carbonyl (C=O) groups is 2. The van der Waals surface area contributed by atoms with Crippen LogP contribution in [0, 0.1) is 0 Å². The Labute approximate surface area is 85.6 Å². The van der Waals surface area contributed by atoms with Crippen LogP contribution in [-0.2, 0) is 0 Å². The highest BCUT2D eigenvalue weighted by Gasteiger charge is 2.37. The van der Waals surface area contributed by atoms with Crippen LogP contribution in [0.25, 0.3) is 0 Å². The molecule has 0 heterocycles. The maximum atomic E-state index is 11.5. The van der Waals surface area contributed by atoms with Gasteiger partial charge in [-0.15, -0.1) is 11.6 Å². The van der Waals surface area contributed by atoms with Crippen molar-refractivity contribution in [3.8, 4) is 5.75 Å². The van der Waals surface area contributed by atoms with Crippen LogP contribution in [-0.4, -0.2) is 24.1 Å². The van der Waals surface area contributed by atoms with Crippen molar-refractivity contribution in [2.45, 2.75) is 5.38 Å². The van der Waals surface area contributed by atoms with Crippen molar-refractivity contribution in [1.82, 2.24) is 0 Å². The summed E-state index contributed by atoms with van der Waals surface area (Å²) in [5.74, 6) is -0.115. The lowest BCUT2D eigenvalue weighted by Gasteiger charge is -2.00. The highest BCUT2D eigenvalue weighted by molar-refractivity contribution is 6.50. The molecule has 1 aliphatic rings. The molecule has 1 aromatic rings. The lowest BCUT2D eigenvalue weighted by atomic mass is 10.1. The van der Waals surface area contributed by atoms with E-state index in [1.807, 2.05) is 0 Å². The van der Waals surface area contributed by atoms with Gasteiger partial charge in [-0.3, -0.25) is 9.59 Å². The summed E-state index contributed by atoms with van der Waals surface area (Å²) in [6, 6.07) is 4.74. The van der Waals surface area contributed by atoms with Crippen LogP contribution in [0.3, 0.4) is 0 Å². The summed E-state index contributed by atoms with van der Waals surface area (Å²) >= 11 is 5.63. The molecule has 0 N–H and O–H groups in total. The zero-order chi connectivity index (χ0) is 10.3. The van der Waals surface area contributed by atoms with Gasteiger partial charge < -0.3 is 4.74 Å². The molecule has 1 unspecified atom stereocenters. The van der Waals surface area contributed by atoms with Crippen molar-refractivity contribution in [3.63, 3.8) is 0 Å². The molecule has 0 saturated heterocycles. The molecule has 0 spiro atoms. The topological polar surface area (TPSA) is 43.4 Å². The molecule has 1 aromatic carbocycles. The van der Waals surface area contributed by atoms with Gasteiger partial charge in [-0.1, -0.05) is 0 Å². The van der Waals surface area contributed by atoms with Crippen LogP contribution in [0.15, 0.2) is 18.2 Å². The SMILES string of the molecule is COc1ccc2c(c1)C(=O)C(Cl)C2=O. The fraction of sp³-hybridized carbons (Fsp3) is 0.200. The van der Waals surface area contributed by atoms with Gasteiger partial charge in [-0.25, -0.2) is 0 Å². The highest BCUT2D eigenvalue weighted by atomic mass is 35.5. The van der Waals surface area contributed by atoms with Crippen LogP contribution in [0.2, 0.25) is 0 Å². The number of fused-ring (bicyclic) bond motifs is 1. The third-order valence-corrected chi connectivity index (χ3v) is 2.61. The molecule has 4 heteroatoms. The van der Waals surface area contributed by atoms with E-state index >= 15 is 0 Å². The Morgan fingerprint density at radius 2 is 1.86 bits per heavy atom. The van der Waals surface area contributed by atoms with Crippen LogP contribution in [0.4, 0.5) is 0 Å². The predicted octanol–water partition coefficient (Wildman–Crippen LogP) is 1.68. The third-order valence-electron chi connectivity index (χ3n) is 2.22. The van der Waals surface area contributed by atoms with Crippen LogP contribution >= 0.6 is 11.6 Å². The fourth-order valence-electron chi connectivity index (χ4n) is 1.46. The van der Waals surface area contributed by atoms with E-state index in [2.05, 4.69) is 0 Å². The average molecular weight is 211 g/mol. The Bertz CT molecular complexity index is 425. The van der Waals surface area contributed by atoms with Crippen LogP contribution in [0.1, 0.15) is 20.7 Å². The highest BCUT2D eigenvalue weighted by Crippen LogP contribution is 2.28. The first-order chi connectivity index (χ1) is 6.65. The van der Waals surface area contributed by atoms with E-state index in [4.69, 9.17) is 16.3 Å². The Kier molecular flexibility index (Phi) is 2.04. The molecule has 0 aromatic heterocycles. The molecular weight excluding hydrogens is 204 g/mol. The monoisotopic (exact) mass is 210 g/mol. The first kappa shape index (κ1) is 9.21. The van der Waals surface area contributed by atoms with Crippen molar-refractivity contribution in [3.05, 3.63) is 29.3 Å². The predicted molar refractivity (Wildman–Crippen MR) is 51.3 cm³/mol. The Hall–Kier alpha value is -1.35. The number of methoxy groups -OCH3 is 1. The Balaban J connectivity index is 2.59. The molecule has 1 atom stereocenters. The summed E-state index contributed by atoms with van der Waals surface area (Å²) in [7, 11) is 1.50. The molecule has 3 nitrogen and oxygen atoms in total. The molecule has 0 saturated carbocycles. The molecule has 72 valence electrons. The summed E-state index contributed by atoms with van der Waals surface area (Å²) < 4.78 is 4.95. The number of Topliss-reactive ketones (excluding diaryl/α,β-unsaturated/α-hetero) is 2. The zero-order valence-corrected chi connectivity index (χ0v) is 8.17. The fourth-order valence-corrected chi connectivity index (χ4v) is 1.70. The second kappa shape index (κ2) is 3.10. The second-order valence-corrected chi connectivity index (χ2v) is 3.44. The zero-order valence-electron chi connectivity index (χ0n) is 7.41. The van der Waals surface area contributed by atoms with E-state index < -0.39 is 5.38 Å². The summed E-state index contributed by atoms with van der Waals surface area (Å²) in [6.07, 6.45) is 0. The lowest BCUT2D eigenvalue weighted by Crippen LogP contribution is -2.13. The number of carbonyl (C=O) groups excluding carboxylic acids is 2. The van der Waals surface area contributed by atoms with Gasteiger partial charge in [0.05, 0.1) is 7.11 Å². The van der Waals surface area contributed by atoms with Gasteiger partial charge in [0.2, 0.25) is 0 Å². The Morgan fingerprint density at radius 3 is 2.50 bits per heavy atom. The van der Waals surface area contributed by atoms with E-state index in [0.717, 1.165) is 0 Å². The number of benzene rings is 1. The molecule has 0 radical (unpaired) electrons. The summed E-state index contributed by atoms with van der Waals surface area (Å²) in [5.41, 5.74) is 0.741. The first-order valence-corrected chi connectivity index (χ1v) is 4.49. The van der Waals surface area contributed by atoms with Gasteiger partial charge in [0.1, 0.15) is 5.75 Å². The molecule has 2 rings (SSSR count). The van der Waals surface area contributed by atoms with Crippen LogP contribution < -0.4 is 4.74 Å².